The highest BCUT2D eigenvalue weighted by atomic mass is 16.3. The van der Waals surface area contributed by atoms with Gasteiger partial charge in [-0.3, -0.25) is 9.88 Å². The molecule has 21 heavy (non-hydrogen) atoms. The van der Waals surface area contributed by atoms with Crippen molar-refractivity contribution < 1.29 is 4.42 Å². The Morgan fingerprint density at radius 1 is 1.33 bits per heavy atom. The van der Waals surface area contributed by atoms with Crippen molar-refractivity contribution in [2.45, 2.75) is 45.4 Å². The Hall–Kier alpha value is -1.65. The van der Waals surface area contributed by atoms with Gasteiger partial charge in [-0.05, 0) is 50.6 Å². The molecule has 2 heterocycles. The van der Waals surface area contributed by atoms with Crippen LogP contribution in [0.25, 0.3) is 0 Å². The van der Waals surface area contributed by atoms with E-state index in [-0.39, 0.29) is 0 Å². The normalized spacial score (nSPS) is 14.8. The molecule has 1 aliphatic carbocycles. The first kappa shape index (κ1) is 14.3. The molecule has 0 aromatic carbocycles. The summed E-state index contributed by atoms with van der Waals surface area (Å²) >= 11 is 0. The van der Waals surface area contributed by atoms with Crippen LogP contribution in [0.5, 0.6) is 0 Å². The molecule has 4 nitrogen and oxygen atoms in total. The molecule has 112 valence electrons. The van der Waals surface area contributed by atoms with E-state index in [0.29, 0.717) is 6.04 Å². The van der Waals surface area contributed by atoms with Gasteiger partial charge >= 0.3 is 0 Å². The highest BCUT2D eigenvalue weighted by Crippen LogP contribution is 2.21. The van der Waals surface area contributed by atoms with Crippen LogP contribution >= 0.6 is 0 Å². The molecule has 0 aliphatic heterocycles. The summed E-state index contributed by atoms with van der Waals surface area (Å²) in [5, 5.41) is 3.50. The van der Waals surface area contributed by atoms with Gasteiger partial charge in [0, 0.05) is 18.8 Å². The minimum absolute atomic E-state index is 0.713. The maximum Gasteiger partial charge on any atom is 0.120 e. The molecular weight excluding hydrogens is 262 g/mol. The maximum atomic E-state index is 5.98. The molecule has 1 aliphatic rings. The number of furan rings is 1. The average Bonchev–Trinajstić information content (AvgIpc) is 3.22. The van der Waals surface area contributed by atoms with Gasteiger partial charge in [0.25, 0.3) is 0 Å². The van der Waals surface area contributed by atoms with E-state index in [2.05, 4.69) is 41.3 Å². The Morgan fingerprint density at radius 2 is 2.19 bits per heavy atom. The van der Waals surface area contributed by atoms with Crippen molar-refractivity contribution >= 4 is 0 Å². The molecule has 1 fully saturated rings. The van der Waals surface area contributed by atoms with Crippen LogP contribution in [0.4, 0.5) is 0 Å². The zero-order valence-corrected chi connectivity index (χ0v) is 12.8. The summed E-state index contributed by atoms with van der Waals surface area (Å²) in [6, 6.07) is 8.88. The van der Waals surface area contributed by atoms with E-state index < -0.39 is 0 Å². The Bertz CT molecular complexity index is 575. The van der Waals surface area contributed by atoms with Crippen molar-refractivity contribution in [1.29, 1.82) is 0 Å². The fraction of sp³-hybridized carbons (Fsp3) is 0.471. The molecule has 0 amide bonds. The number of rotatable bonds is 7. The van der Waals surface area contributed by atoms with Crippen molar-refractivity contribution in [2.24, 2.45) is 0 Å². The lowest BCUT2D eigenvalue weighted by molar-refractivity contribution is 0.279. The second-order valence-electron chi connectivity index (χ2n) is 5.97. The largest absolute Gasteiger partial charge is 0.463 e. The molecule has 0 spiro atoms. The third kappa shape index (κ3) is 4.16. The standard InChI is InChI=1S/C17H23N3O/c1-13-9-16(21-17(13)10-19-14-6-7-14)12-20(2)11-15-5-3-4-8-18-15/h3-5,8-9,14,19H,6-7,10-12H2,1-2H3. The molecular formula is C17H23N3O. The molecule has 1 saturated carbocycles. The van der Waals surface area contributed by atoms with Gasteiger partial charge in [-0.15, -0.1) is 0 Å². The van der Waals surface area contributed by atoms with Gasteiger partial charge in [-0.25, -0.2) is 0 Å². The number of hydrogen-bond donors (Lipinski definition) is 1. The van der Waals surface area contributed by atoms with Crippen LogP contribution in [0, 0.1) is 6.92 Å². The van der Waals surface area contributed by atoms with Crippen molar-refractivity contribution in [3.05, 3.63) is 53.2 Å². The second kappa shape index (κ2) is 6.41. The summed E-state index contributed by atoms with van der Waals surface area (Å²) in [5.74, 6) is 2.10. The maximum absolute atomic E-state index is 5.98. The Balaban J connectivity index is 1.55. The van der Waals surface area contributed by atoms with Crippen molar-refractivity contribution in [3.8, 4) is 0 Å². The lowest BCUT2D eigenvalue weighted by atomic mass is 10.2. The topological polar surface area (TPSA) is 41.3 Å². The molecule has 2 aromatic heterocycles. The molecule has 0 saturated heterocycles. The zero-order valence-electron chi connectivity index (χ0n) is 12.8. The Kier molecular flexibility index (Phi) is 4.36. The van der Waals surface area contributed by atoms with Crippen LogP contribution in [0.15, 0.2) is 34.9 Å². The third-order valence-corrected chi connectivity index (χ3v) is 3.78. The molecule has 4 heteroatoms. The number of aryl methyl sites for hydroxylation is 1. The Morgan fingerprint density at radius 3 is 2.90 bits per heavy atom. The first-order chi connectivity index (χ1) is 10.2. The number of nitrogens with one attached hydrogen (secondary N) is 1. The number of hydrogen-bond acceptors (Lipinski definition) is 4. The van der Waals surface area contributed by atoms with E-state index in [1.54, 1.807) is 0 Å². The predicted octanol–water partition coefficient (Wildman–Crippen LogP) is 2.87. The monoisotopic (exact) mass is 285 g/mol. The van der Waals surface area contributed by atoms with Crippen molar-refractivity contribution in [1.82, 2.24) is 15.2 Å². The SMILES string of the molecule is Cc1cc(CN(C)Cc2ccccn2)oc1CNC1CC1. The van der Waals surface area contributed by atoms with Crippen LogP contribution in [-0.4, -0.2) is 23.0 Å². The van der Waals surface area contributed by atoms with Crippen LogP contribution in [0.1, 0.15) is 35.6 Å². The molecule has 0 unspecified atom stereocenters. The lowest BCUT2D eigenvalue weighted by Crippen LogP contribution is -2.17. The quantitative estimate of drug-likeness (QED) is 0.849. The number of pyridine rings is 1. The lowest BCUT2D eigenvalue weighted by Gasteiger charge is -2.14. The van der Waals surface area contributed by atoms with E-state index in [1.165, 1.54) is 18.4 Å². The zero-order chi connectivity index (χ0) is 14.7. The molecule has 1 N–H and O–H groups in total. The van der Waals surface area contributed by atoms with Crippen LogP contribution in [0.3, 0.4) is 0 Å². The summed E-state index contributed by atoms with van der Waals surface area (Å²) in [5.41, 5.74) is 2.32. The average molecular weight is 285 g/mol. The first-order valence-corrected chi connectivity index (χ1v) is 7.61. The van der Waals surface area contributed by atoms with Gasteiger partial charge in [0.15, 0.2) is 0 Å². The molecule has 3 rings (SSSR count). The minimum Gasteiger partial charge on any atom is -0.463 e. The summed E-state index contributed by atoms with van der Waals surface area (Å²) in [7, 11) is 2.09. The van der Waals surface area contributed by atoms with Gasteiger partial charge in [0.2, 0.25) is 0 Å². The number of nitrogens with zero attached hydrogens (tertiary/aromatic N) is 2. The van der Waals surface area contributed by atoms with Gasteiger partial charge in [-0.1, -0.05) is 6.07 Å². The van der Waals surface area contributed by atoms with Crippen LogP contribution < -0.4 is 5.32 Å². The predicted molar refractivity (Wildman–Crippen MR) is 82.7 cm³/mol. The van der Waals surface area contributed by atoms with Crippen molar-refractivity contribution in [3.63, 3.8) is 0 Å². The molecule has 2 aromatic rings. The smallest absolute Gasteiger partial charge is 0.120 e. The van der Waals surface area contributed by atoms with E-state index >= 15 is 0 Å². The molecule has 0 atom stereocenters. The summed E-state index contributed by atoms with van der Waals surface area (Å²) in [4.78, 5) is 6.58. The summed E-state index contributed by atoms with van der Waals surface area (Å²) in [6.07, 6.45) is 4.45. The highest BCUT2D eigenvalue weighted by molar-refractivity contribution is 5.20. The van der Waals surface area contributed by atoms with E-state index in [0.717, 1.165) is 36.8 Å². The van der Waals surface area contributed by atoms with E-state index in [9.17, 15) is 0 Å². The van der Waals surface area contributed by atoms with Crippen molar-refractivity contribution in [2.75, 3.05) is 7.05 Å². The van der Waals surface area contributed by atoms with Gasteiger partial charge in [0.1, 0.15) is 11.5 Å². The van der Waals surface area contributed by atoms with E-state index in [1.807, 2.05) is 18.3 Å². The van der Waals surface area contributed by atoms with Gasteiger partial charge in [0.05, 0.1) is 18.8 Å². The fourth-order valence-corrected chi connectivity index (χ4v) is 2.46. The number of aromatic nitrogens is 1. The summed E-state index contributed by atoms with van der Waals surface area (Å²) in [6.45, 7) is 4.60. The van der Waals surface area contributed by atoms with Gasteiger partial charge < -0.3 is 9.73 Å². The summed E-state index contributed by atoms with van der Waals surface area (Å²) < 4.78 is 5.98. The second-order valence-corrected chi connectivity index (χ2v) is 5.97. The van der Waals surface area contributed by atoms with Gasteiger partial charge in [-0.2, -0.15) is 0 Å². The molecule has 0 radical (unpaired) electrons. The third-order valence-electron chi connectivity index (χ3n) is 3.78. The minimum atomic E-state index is 0.713. The Labute approximate surface area is 126 Å². The highest BCUT2D eigenvalue weighted by Gasteiger charge is 2.21. The first-order valence-electron chi connectivity index (χ1n) is 7.61. The van der Waals surface area contributed by atoms with E-state index in [4.69, 9.17) is 4.42 Å². The molecule has 0 bridgehead atoms. The van der Waals surface area contributed by atoms with Crippen LogP contribution in [0.2, 0.25) is 0 Å². The fourth-order valence-electron chi connectivity index (χ4n) is 2.46. The van der Waals surface area contributed by atoms with Crippen LogP contribution in [-0.2, 0) is 19.6 Å².